The summed E-state index contributed by atoms with van der Waals surface area (Å²) in [6.45, 7) is 2.02. The lowest BCUT2D eigenvalue weighted by Crippen LogP contribution is -2.22. The average molecular weight is 149 g/mol. The van der Waals surface area contributed by atoms with E-state index in [4.69, 9.17) is 0 Å². The van der Waals surface area contributed by atoms with E-state index in [0.29, 0.717) is 0 Å². The fourth-order valence-corrected chi connectivity index (χ4v) is 1.17. The van der Waals surface area contributed by atoms with E-state index in [2.05, 4.69) is 4.99 Å². The highest BCUT2D eigenvalue weighted by Gasteiger charge is 2.23. The van der Waals surface area contributed by atoms with Gasteiger partial charge in [0.25, 0.3) is 0 Å². The molecule has 2 heteroatoms. The number of hydrogen-bond donors (Lipinski definition) is 0. The van der Waals surface area contributed by atoms with Crippen LogP contribution in [0.15, 0.2) is 29.3 Å². The Morgan fingerprint density at radius 1 is 1.64 bits per heavy atom. The molecule has 1 atom stereocenters. The van der Waals surface area contributed by atoms with E-state index in [9.17, 15) is 4.79 Å². The molecular weight excluding hydrogens is 138 g/mol. The third-order valence-corrected chi connectivity index (χ3v) is 2.01. The van der Waals surface area contributed by atoms with Gasteiger partial charge in [-0.3, -0.25) is 0 Å². The van der Waals surface area contributed by atoms with Gasteiger partial charge in [0, 0.05) is 0 Å². The van der Waals surface area contributed by atoms with Gasteiger partial charge >= 0.3 is 0 Å². The molecule has 0 aromatic heterocycles. The molecule has 0 bridgehead atoms. The van der Waals surface area contributed by atoms with Gasteiger partial charge in [0.1, 0.15) is 0 Å². The zero-order valence-electron chi connectivity index (χ0n) is 6.58. The molecule has 58 valence electrons. The van der Waals surface area contributed by atoms with Crippen LogP contribution >= 0.6 is 0 Å². The van der Waals surface area contributed by atoms with Crippen LogP contribution in [-0.2, 0) is 4.79 Å². The molecule has 0 aromatic carbocycles. The van der Waals surface area contributed by atoms with Crippen molar-refractivity contribution in [2.24, 2.45) is 4.99 Å². The summed E-state index contributed by atoms with van der Waals surface area (Å²) in [6, 6.07) is 0. The highest BCUT2D eigenvalue weighted by atomic mass is 16.1. The van der Waals surface area contributed by atoms with Crippen molar-refractivity contribution in [2.75, 3.05) is 0 Å². The van der Waals surface area contributed by atoms with Crippen molar-refractivity contribution in [1.82, 2.24) is 0 Å². The molecule has 1 aliphatic carbocycles. The van der Waals surface area contributed by atoms with Crippen LogP contribution in [0.4, 0.5) is 0 Å². The van der Waals surface area contributed by atoms with E-state index >= 15 is 0 Å². The van der Waals surface area contributed by atoms with Crippen LogP contribution in [0.5, 0.6) is 0 Å². The molecule has 1 unspecified atom stereocenters. The summed E-state index contributed by atoms with van der Waals surface area (Å²) in [6.07, 6.45) is 11.1. The SMILES string of the molecule is CCC1(N=C=O)C=CC=CC1. The molecule has 0 aromatic rings. The standard InChI is InChI=1S/C9H11NO/c1-2-9(10-8-11)6-4-3-5-7-9/h3-6H,2,7H2,1H3. The van der Waals surface area contributed by atoms with Crippen molar-refractivity contribution in [3.63, 3.8) is 0 Å². The van der Waals surface area contributed by atoms with Gasteiger partial charge < -0.3 is 0 Å². The van der Waals surface area contributed by atoms with Crippen LogP contribution in [0.2, 0.25) is 0 Å². The maximum Gasteiger partial charge on any atom is 0.235 e. The van der Waals surface area contributed by atoms with Gasteiger partial charge in [-0.25, -0.2) is 4.79 Å². The lowest BCUT2D eigenvalue weighted by molar-refractivity contribution is 0.499. The van der Waals surface area contributed by atoms with Gasteiger partial charge in [-0.1, -0.05) is 31.2 Å². The minimum absolute atomic E-state index is 0.295. The van der Waals surface area contributed by atoms with Crippen LogP contribution in [0.1, 0.15) is 19.8 Å². The van der Waals surface area contributed by atoms with Crippen LogP contribution in [0, 0.1) is 0 Å². The van der Waals surface area contributed by atoms with Crippen LogP contribution in [0.3, 0.4) is 0 Å². The maximum absolute atomic E-state index is 10.1. The zero-order chi connectivity index (χ0) is 8.16. The molecule has 0 radical (unpaired) electrons. The molecule has 0 saturated heterocycles. The van der Waals surface area contributed by atoms with Crippen molar-refractivity contribution in [1.29, 1.82) is 0 Å². The van der Waals surface area contributed by atoms with Gasteiger partial charge in [-0.05, 0) is 12.8 Å². The third-order valence-electron chi connectivity index (χ3n) is 2.01. The molecule has 2 nitrogen and oxygen atoms in total. The molecule has 0 fully saturated rings. The fraction of sp³-hybridized carbons (Fsp3) is 0.444. The van der Waals surface area contributed by atoms with Gasteiger partial charge in [-0.2, -0.15) is 4.99 Å². The Labute approximate surface area is 66.3 Å². The van der Waals surface area contributed by atoms with E-state index in [0.717, 1.165) is 12.8 Å². The summed E-state index contributed by atoms with van der Waals surface area (Å²) in [4.78, 5) is 13.9. The summed E-state index contributed by atoms with van der Waals surface area (Å²) >= 11 is 0. The van der Waals surface area contributed by atoms with Gasteiger partial charge in [0.15, 0.2) is 0 Å². The molecule has 0 heterocycles. The second-order valence-corrected chi connectivity index (χ2v) is 2.65. The van der Waals surface area contributed by atoms with E-state index in [1.165, 1.54) is 0 Å². The summed E-state index contributed by atoms with van der Waals surface area (Å²) in [5, 5.41) is 0. The number of hydrogen-bond acceptors (Lipinski definition) is 2. The van der Waals surface area contributed by atoms with Crippen molar-refractivity contribution in [3.8, 4) is 0 Å². The Morgan fingerprint density at radius 2 is 2.45 bits per heavy atom. The monoisotopic (exact) mass is 149 g/mol. The van der Waals surface area contributed by atoms with E-state index < -0.39 is 0 Å². The molecule has 11 heavy (non-hydrogen) atoms. The van der Waals surface area contributed by atoms with Crippen molar-refractivity contribution in [2.45, 2.75) is 25.3 Å². The predicted octanol–water partition coefficient (Wildman–Crippen LogP) is 1.99. The summed E-state index contributed by atoms with van der Waals surface area (Å²) < 4.78 is 0. The van der Waals surface area contributed by atoms with Gasteiger partial charge in [0.2, 0.25) is 6.08 Å². The molecule has 0 N–H and O–H groups in total. The first-order chi connectivity index (χ1) is 5.33. The van der Waals surface area contributed by atoms with Crippen molar-refractivity contribution >= 4 is 6.08 Å². The van der Waals surface area contributed by atoms with Crippen molar-refractivity contribution in [3.05, 3.63) is 24.3 Å². The zero-order valence-corrected chi connectivity index (χ0v) is 6.58. The summed E-state index contributed by atoms with van der Waals surface area (Å²) in [5.41, 5.74) is -0.295. The quantitative estimate of drug-likeness (QED) is 0.436. The fourth-order valence-electron chi connectivity index (χ4n) is 1.17. The number of rotatable bonds is 2. The minimum atomic E-state index is -0.295. The Balaban J connectivity index is 2.84. The third kappa shape index (κ3) is 1.66. The highest BCUT2D eigenvalue weighted by Crippen LogP contribution is 2.25. The van der Waals surface area contributed by atoms with Crippen LogP contribution < -0.4 is 0 Å². The second-order valence-electron chi connectivity index (χ2n) is 2.65. The molecule has 0 amide bonds. The minimum Gasteiger partial charge on any atom is -0.211 e. The highest BCUT2D eigenvalue weighted by molar-refractivity contribution is 5.37. The largest absolute Gasteiger partial charge is 0.235 e. The van der Waals surface area contributed by atoms with Gasteiger partial charge in [-0.15, -0.1) is 0 Å². The van der Waals surface area contributed by atoms with Crippen LogP contribution in [0.25, 0.3) is 0 Å². The Hall–Kier alpha value is -1.14. The number of carbonyl (C=O) groups excluding carboxylic acids is 1. The smallest absolute Gasteiger partial charge is 0.211 e. The first-order valence-electron chi connectivity index (χ1n) is 3.76. The summed E-state index contributed by atoms with van der Waals surface area (Å²) in [7, 11) is 0. The Bertz CT molecular complexity index is 236. The Kier molecular flexibility index (Phi) is 2.40. The molecule has 0 saturated carbocycles. The number of nitrogens with zero attached hydrogens (tertiary/aromatic N) is 1. The number of isocyanates is 1. The number of allylic oxidation sites excluding steroid dienone is 2. The lowest BCUT2D eigenvalue weighted by Gasteiger charge is -2.22. The molecule has 0 spiro atoms. The maximum atomic E-state index is 10.1. The molecule has 1 aliphatic rings. The average Bonchev–Trinajstić information content (AvgIpc) is 2.07. The van der Waals surface area contributed by atoms with Crippen molar-refractivity contribution < 1.29 is 4.79 Å². The van der Waals surface area contributed by atoms with Crippen LogP contribution in [-0.4, -0.2) is 11.6 Å². The molecule has 0 aliphatic heterocycles. The van der Waals surface area contributed by atoms with E-state index in [1.807, 2.05) is 31.2 Å². The van der Waals surface area contributed by atoms with Gasteiger partial charge in [0.05, 0.1) is 5.54 Å². The second kappa shape index (κ2) is 3.31. The first kappa shape index (κ1) is 7.96. The van der Waals surface area contributed by atoms with E-state index in [1.54, 1.807) is 6.08 Å². The van der Waals surface area contributed by atoms with E-state index in [-0.39, 0.29) is 5.54 Å². The lowest BCUT2D eigenvalue weighted by atomic mass is 9.89. The number of aliphatic imine (C=N–C) groups is 1. The molecular formula is C9H11NO. The normalized spacial score (nSPS) is 28.1. The molecule has 1 rings (SSSR count). The Morgan fingerprint density at radius 3 is 2.91 bits per heavy atom. The first-order valence-corrected chi connectivity index (χ1v) is 3.76. The topological polar surface area (TPSA) is 29.4 Å². The summed E-state index contributed by atoms with van der Waals surface area (Å²) in [5.74, 6) is 0. The predicted molar refractivity (Wildman–Crippen MR) is 44.0 cm³/mol.